The Bertz CT molecular complexity index is 155. The van der Waals surface area contributed by atoms with Gasteiger partial charge in [-0.15, -0.1) is 4.91 Å². The molecule has 0 atom stereocenters. The zero-order chi connectivity index (χ0) is 7.98. The zero-order valence-electron chi connectivity index (χ0n) is 5.59. The molecule has 5 nitrogen and oxygen atoms in total. The first-order valence-electron chi connectivity index (χ1n) is 2.83. The number of carbonyl (C=O) groups excluding carboxylic acids is 2. The minimum atomic E-state index is -0.859. The van der Waals surface area contributed by atoms with Crippen molar-refractivity contribution < 1.29 is 9.59 Å². The topological polar surface area (TPSA) is 75.6 Å². The Kier molecular flexibility index (Phi) is 4.02. The Morgan fingerprint density at radius 1 is 1.50 bits per heavy atom. The summed E-state index contributed by atoms with van der Waals surface area (Å²) in [5.74, 6) is -1.13. The van der Waals surface area contributed by atoms with Crippen molar-refractivity contribution in [2.45, 2.75) is 13.3 Å². The number of nitrogens with zero attached hydrogens (tertiary/aromatic N) is 1. The molecular formula is C5H8N2O3. The van der Waals surface area contributed by atoms with Crippen molar-refractivity contribution in [3.05, 3.63) is 4.91 Å². The van der Waals surface area contributed by atoms with Crippen LogP contribution in [0.15, 0.2) is 5.18 Å². The first-order chi connectivity index (χ1) is 4.70. The quantitative estimate of drug-likeness (QED) is 0.557. The summed E-state index contributed by atoms with van der Waals surface area (Å²) in [5.41, 5.74) is 0. The maximum absolute atomic E-state index is 10.4. The fourth-order valence-corrected chi connectivity index (χ4v) is 0.331. The predicted molar refractivity (Wildman–Crippen MR) is 34.1 cm³/mol. The van der Waals surface area contributed by atoms with Crippen molar-refractivity contribution in [2.24, 2.45) is 5.18 Å². The summed E-state index contributed by atoms with van der Waals surface area (Å²) in [6.45, 7) is 1.35. The van der Waals surface area contributed by atoms with Crippen LogP contribution in [0.5, 0.6) is 0 Å². The standard InChI is InChI=1S/C5H8N2O3/c1-2-4(8)6-3-5(9)7-10/h2-3H2,1H3,(H,6,8). The summed E-state index contributed by atoms with van der Waals surface area (Å²) in [6.07, 6.45) is 0.298. The second-order valence-corrected chi connectivity index (χ2v) is 1.62. The highest BCUT2D eigenvalue weighted by Crippen LogP contribution is 1.75. The van der Waals surface area contributed by atoms with Crippen molar-refractivity contribution in [1.82, 2.24) is 5.32 Å². The van der Waals surface area contributed by atoms with E-state index in [1.165, 1.54) is 0 Å². The summed E-state index contributed by atoms with van der Waals surface area (Å²) in [6, 6.07) is 0. The minimum Gasteiger partial charge on any atom is -0.347 e. The lowest BCUT2D eigenvalue weighted by molar-refractivity contribution is -0.124. The van der Waals surface area contributed by atoms with Gasteiger partial charge in [-0.2, -0.15) is 0 Å². The van der Waals surface area contributed by atoms with Gasteiger partial charge in [-0.3, -0.25) is 9.59 Å². The average molecular weight is 144 g/mol. The van der Waals surface area contributed by atoms with Crippen molar-refractivity contribution >= 4 is 11.8 Å². The van der Waals surface area contributed by atoms with E-state index in [9.17, 15) is 14.5 Å². The Balaban J connectivity index is 3.44. The molecule has 0 rings (SSSR count). The van der Waals surface area contributed by atoms with E-state index in [0.29, 0.717) is 6.42 Å². The van der Waals surface area contributed by atoms with Gasteiger partial charge in [-0.05, 0) is 0 Å². The van der Waals surface area contributed by atoms with Crippen molar-refractivity contribution in [3.8, 4) is 0 Å². The molecule has 0 aromatic carbocycles. The first kappa shape index (κ1) is 8.74. The highest BCUT2D eigenvalue weighted by atomic mass is 16.3. The summed E-state index contributed by atoms with van der Waals surface area (Å²) in [5, 5.41) is 4.29. The molecule has 2 amide bonds. The molecule has 0 unspecified atom stereocenters. The van der Waals surface area contributed by atoms with Crippen LogP contribution in [-0.2, 0) is 9.59 Å². The van der Waals surface area contributed by atoms with Gasteiger partial charge in [0.2, 0.25) is 5.91 Å². The van der Waals surface area contributed by atoms with Gasteiger partial charge in [-0.1, -0.05) is 6.92 Å². The lowest BCUT2D eigenvalue weighted by Gasteiger charge is -1.95. The number of carbonyl (C=O) groups is 2. The van der Waals surface area contributed by atoms with Crippen LogP contribution in [-0.4, -0.2) is 18.4 Å². The Labute approximate surface area is 57.8 Å². The van der Waals surface area contributed by atoms with Gasteiger partial charge in [0.25, 0.3) is 0 Å². The molecule has 0 bridgehead atoms. The average Bonchev–Trinajstić information content (AvgIpc) is 1.99. The molecule has 10 heavy (non-hydrogen) atoms. The molecule has 0 aliphatic heterocycles. The van der Waals surface area contributed by atoms with Gasteiger partial charge < -0.3 is 5.32 Å². The lowest BCUT2D eigenvalue weighted by atomic mass is 10.4. The van der Waals surface area contributed by atoms with Gasteiger partial charge in [0.1, 0.15) is 6.54 Å². The van der Waals surface area contributed by atoms with Gasteiger partial charge in [0.05, 0.1) is 0 Å². The van der Waals surface area contributed by atoms with E-state index >= 15 is 0 Å². The summed E-state index contributed by atoms with van der Waals surface area (Å²) >= 11 is 0. The lowest BCUT2D eigenvalue weighted by Crippen LogP contribution is -2.27. The van der Waals surface area contributed by atoms with Crippen LogP contribution in [0.2, 0.25) is 0 Å². The SMILES string of the molecule is CCC(=O)NCC(=O)N=O. The highest BCUT2D eigenvalue weighted by Gasteiger charge is 2.01. The van der Waals surface area contributed by atoms with Crippen molar-refractivity contribution in [2.75, 3.05) is 6.54 Å². The van der Waals surface area contributed by atoms with E-state index in [4.69, 9.17) is 0 Å². The third kappa shape index (κ3) is 3.71. The largest absolute Gasteiger partial charge is 0.347 e. The van der Waals surface area contributed by atoms with Crippen molar-refractivity contribution in [3.63, 3.8) is 0 Å². The fraction of sp³-hybridized carbons (Fsp3) is 0.600. The second-order valence-electron chi connectivity index (χ2n) is 1.62. The van der Waals surface area contributed by atoms with Gasteiger partial charge >= 0.3 is 5.91 Å². The van der Waals surface area contributed by atoms with E-state index in [0.717, 1.165) is 0 Å². The smallest absolute Gasteiger partial charge is 0.305 e. The van der Waals surface area contributed by atoms with Gasteiger partial charge in [0, 0.05) is 11.6 Å². The molecule has 0 aliphatic carbocycles. The van der Waals surface area contributed by atoms with Crippen molar-refractivity contribution in [1.29, 1.82) is 0 Å². The molecule has 0 saturated heterocycles. The van der Waals surface area contributed by atoms with E-state index in [2.05, 4.69) is 10.5 Å². The number of rotatable bonds is 3. The van der Waals surface area contributed by atoms with Crippen LogP contribution in [0.25, 0.3) is 0 Å². The number of hydrogen-bond acceptors (Lipinski definition) is 3. The Morgan fingerprint density at radius 3 is 2.50 bits per heavy atom. The first-order valence-corrected chi connectivity index (χ1v) is 2.83. The Morgan fingerprint density at radius 2 is 2.10 bits per heavy atom. The molecule has 0 spiro atoms. The fourth-order valence-electron chi connectivity index (χ4n) is 0.331. The number of nitrogens with one attached hydrogen (secondary N) is 1. The molecular weight excluding hydrogens is 136 g/mol. The van der Waals surface area contributed by atoms with Gasteiger partial charge in [0.15, 0.2) is 0 Å². The third-order valence-electron chi connectivity index (χ3n) is 0.860. The monoisotopic (exact) mass is 144 g/mol. The van der Waals surface area contributed by atoms with E-state index < -0.39 is 5.91 Å². The third-order valence-corrected chi connectivity index (χ3v) is 0.860. The van der Waals surface area contributed by atoms with Crippen LogP contribution in [0.1, 0.15) is 13.3 Å². The van der Waals surface area contributed by atoms with Crippen LogP contribution >= 0.6 is 0 Å². The molecule has 0 radical (unpaired) electrons. The van der Waals surface area contributed by atoms with Crippen LogP contribution in [0.4, 0.5) is 0 Å². The molecule has 0 aromatic heterocycles. The second kappa shape index (κ2) is 4.60. The maximum Gasteiger partial charge on any atom is 0.305 e. The summed E-state index contributed by atoms with van der Waals surface area (Å²) < 4.78 is 0. The van der Waals surface area contributed by atoms with E-state index in [1.807, 2.05) is 0 Å². The minimum absolute atomic E-state index is 0.267. The summed E-state index contributed by atoms with van der Waals surface area (Å²) in [7, 11) is 0. The molecule has 0 saturated carbocycles. The molecule has 0 aliphatic rings. The molecule has 0 fully saturated rings. The molecule has 56 valence electrons. The van der Waals surface area contributed by atoms with E-state index in [-0.39, 0.29) is 12.5 Å². The van der Waals surface area contributed by atoms with Crippen LogP contribution < -0.4 is 5.32 Å². The molecule has 0 aromatic rings. The zero-order valence-corrected chi connectivity index (χ0v) is 5.59. The number of amides is 2. The Hall–Kier alpha value is -1.26. The predicted octanol–water partition coefficient (Wildman–Crippen LogP) is -0.194. The maximum atomic E-state index is 10.4. The van der Waals surface area contributed by atoms with E-state index in [1.54, 1.807) is 6.92 Å². The van der Waals surface area contributed by atoms with Gasteiger partial charge in [-0.25, -0.2) is 0 Å². The molecule has 1 N–H and O–H groups in total. The highest BCUT2D eigenvalue weighted by molar-refractivity contribution is 5.84. The molecule has 5 heteroatoms. The molecule has 0 heterocycles. The van der Waals surface area contributed by atoms with Crippen LogP contribution in [0, 0.1) is 4.91 Å². The number of nitroso groups, excluding NO2 is 1. The normalized spacial score (nSPS) is 8.50. The van der Waals surface area contributed by atoms with Crippen LogP contribution in [0.3, 0.4) is 0 Å². The number of hydrogen-bond donors (Lipinski definition) is 1. The summed E-state index contributed by atoms with van der Waals surface area (Å²) in [4.78, 5) is 30.0.